The second-order valence-corrected chi connectivity index (χ2v) is 9.18. The molecule has 8 nitrogen and oxygen atoms in total. The molecule has 1 saturated heterocycles. The smallest absolute Gasteiger partial charge is 0.260 e. The van der Waals surface area contributed by atoms with Crippen molar-refractivity contribution in [3.63, 3.8) is 0 Å². The first kappa shape index (κ1) is 25.7. The molecule has 0 bridgehead atoms. The summed E-state index contributed by atoms with van der Waals surface area (Å²) in [5, 5.41) is 3.66. The fraction of sp³-hybridized carbons (Fsp3) is 0.577. The first-order chi connectivity index (χ1) is 16.4. The van der Waals surface area contributed by atoms with Gasteiger partial charge in [0.25, 0.3) is 5.91 Å². The lowest BCUT2D eigenvalue weighted by Gasteiger charge is -2.32. The quantitative estimate of drug-likeness (QED) is 0.538. The highest BCUT2D eigenvalue weighted by molar-refractivity contribution is 5.78. The molecule has 1 aromatic carbocycles. The maximum Gasteiger partial charge on any atom is 0.260 e. The third-order valence-corrected chi connectivity index (χ3v) is 5.98. The van der Waals surface area contributed by atoms with Gasteiger partial charge in [-0.2, -0.15) is 0 Å². The topological polar surface area (TPSA) is 79.8 Å². The van der Waals surface area contributed by atoms with E-state index in [1.165, 1.54) is 0 Å². The normalized spacial score (nSPS) is 14.5. The molecular weight excluding hydrogens is 430 g/mol. The predicted octanol–water partition coefficient (Wildman–Crippen LogP) is 3.66. The standard InChI is InChI=1S/C26H39N5O3/c1-6-33-24-16-21(8-9-23(24)34-18-25(32)31(19(2)3)20(4)5)17-29-22-10-14-30(15-11-22)26-27-12-7-13-28-26/h7-9,12-13,16,19-20,22,29H,6,10-11,14-15,17-18H2,1-5H3. The molecule has 3 rings (SSSR count). The summed E-state index contributed by atoms with van der Waals surface area (Å²) < 4.78 is 11.7. The minimum atomic E-state index is -0.0227. The van der Waals surface area contributed by atoms with E-state index in [0.29, 0.717) is 24.1 Å². The Balaban J connectivity index is 1.53. The van der Waals surface area contributed by atoms with Gasteiger partial charge in [0.05, 0.1) is 6.61 Å². The van der Waals surface area contributed by atoms with Gasteiger partial charge in [-0.15, -0.1) is 0 Å². The van der Waals surface area contributed by atoms with Crippen molar-refractivity contribution >= 4 is 11.9 Å². The number of rotatable bonds is 11. The van der Waals surface area contributed by atoms with E-state index in [9.17, 15) is 4.79 Å². The van der Waals surface area contributed by atoms with Crippen molar-refractivity contribution in [2.24, 2.45) is 0 Å². The van der Waals surface area contributed by atoms with E-state index in [2.05, 4.69) is 20.2 Å². The first-order valence-corrected chi connectivity index (χ1v) is 12.3. The number of hydrogen-bond donors (Lipinski definition) is 1. The molecule has 1 amide bonds. The highest BCUT2D eigenvalue weighted by atomic mass is 16.5. The molecule has 0 radical (unpaired) electrons. The lowest BCUT2D eigenvalue weighted by molar-refractivity contribution is -0.137. The van der Waals surface area contributed by atoms with Crippen LogP contribution in [0.1, 0.15) is 53.0 Å². The zero-order valence-corrected chi connectivity index (χ0v) is 21.2. The molecule has 186 valence electrons. The molecule has 2 heterocycles. The zero-order chi connectivity index (χ0) is 24.5. The van der Waals surface area contributed by atoms with Crippen LogP contribution in [0.2, 0.25) is 0 Å². The Morgan fingerprint density at radius 3 is 2.38 bits per heavy atom. The second kappa shape index (κ2) is 12.6. The number of aromatic nitrogens is 2. The molecule has 8 heteroatoms. The number of anilines is 1. The third kappa shape index (κ3) is 7.06. The van der Waals surface area contributed by atoms with Crippen LogP contribution in [0.25, 0.3) is 0 Å². The number of hydrogen-bond acceptors (Lipinski definition) is 7. The van der Waals surface area contributed by atoms with Crippen molar-refractivity contribution in [2.45, 2.75) is 72.1 Å². The lowest BCUT2D eigenvalue weighted by Crippen LogP contribution is -2.44. The maximum absolute atomic E-state index is 12.7. The Morgan fingerprint density at radius 1 is 1.09 bits per heavy atom. The molecule has 34 heavy (non-hydrogen) atoms. The molecule has 1 aliphatic heterocycles. The van der Waals surface area contributed by atoms with Crippen molar-refractivity contribution in [1.29, 1.82) is 0 Å². The van der Waals surface area contributed by atoms with Gasteiger partial charge < -0.3 is 24.6 Å². The third-order valence-electron chi connectivity index (χ3n) is 5.98. The highest BCUT2D eigenvalue weighted by Crippen LogP contribution is 2.29. The Kier molecular flexibility index (Phi) is 9.51. The number of amides is 1. The van der Waals surface area contributed by atoms with Crippen molar-refractivity contribution in [2.75, 3.05) is 31.2 Å². The van der Waals surface area contributed by atoms with Gasteiger partial charge in [0.2, 0.25) is 5.95 Å². The largest absolute Gasteiger partial charge is 0.490 e. The number of nitrogens with one attached hydrogen (secondary N) is 1. The molecule has 0 unspecified atom stereocenters. The fourth-order valence-electron chi connectivity index (χ4n) is 4.44. The number of carbonyl (C=O) groups is 1. The second-order valence-electron chi connectivity index (χ2n) is 9.18. The summed E-state index contributed by atoms with van der Waals surface area (Å²) in [6.45, 7) is 13.2. The Labute approximate surface area is 203 Å². The van der Waals surface area contributed by atoms with E-state index in [1.807, 2.05) is 63.8 Å². The zero-order valence-electron chi connectivity index (χ0n) is 21.2. The molecule has 0 spiro atoms. The van der Waals surface area contributed by atoms with Gasteiger partial charge in [0.15, 0.2) is 18.1 Å². The van der Waals surface area contributed by atoms with Gasteiger partial charge in [-0.05, 0) is 71.2 Å². The van der Waals surface area contributed by atoms with Crippen LogP contribution < -0.4 is 19.7 Å². The Bertz CT molecular complexity index is 891. The van der Waals surface area contributed by atoms with E-state index >= 15 is 0 Å². The average molecular weight is 470 g/mol. The van der Waals surface area contributed by atoms with Crippen LogP contribution in [-0.4, -0.2) is 65.2 Å². The summed E-state index contributed by atoms with van der Waals surface area (Å²) in [6, 6.07) is 8.48. The summed E-state index contributed by atoms with van der Waals surface area (Å²) in [4.78, 5) is 25.4. The van der Waals surface area contributed by atoms with Gasteiger partial charge in [-0.1, -0.05) is 6.07 Å². The number of ether oxygens (including phenoxy) is 2. The fourth-order valence-corrected chi connectivity index (χ4v) is 4.44. The number of carbonyl (C=O) groups excluding carboxylic acids is 1. The van der Waals surface area contributed by atoms with Crippen LogP contribution in [0.15, 0.2) is 36.7 Å². The van der Waals surface area contributed by atoms with E-state index in [1.54, 1.807) is 12.4 Å². The molecule has 0 atom stereocenters. The minimum Gasteiger partial charge on any atom is -0.490 e. The predicted molar refractivity (Wildman–Crippen MR) is 134 cm³/mol. The monoisotopic (exact) mass is 469 g/mol. The van der Waals surface area contributed by atoms with E-state index in [0.717, 1.165) is 44.0 Å². The molecule has 0 saturated carbocycles. The molecule has 2 aromatic rings. The van der Waals surface area contributed by atoms with Gasteiger partial charge in [0.1, 0.15) is 0 Å². The van der Waals surface area contributed by atoms with Crippen molar-refractivity contribution < 1.29 is 14.3 Å². The van der Waals surface area contributed by atoms with Gasteiger partial charge in [-0.25, -0.2) is 9.97 Å². The van der Waals surface area contributed by atoms with Crippen LogP contribution in [0, 0.1) is 0 Å². The van der Waals surface area contributed by atoms with Gasteiger partial charge in [-0.3, -0.25) is 4.79 Å². The van der Waals surface area contributed by atoms with Crippen LogP contribution in [0.3, 0.4) is 0 Å². The molecule has 0 aliphatic carbocycles. The SMILES string of the molecule is CCOc1cc(CNC2CCN(c3ncccn3)CC2)ccc1OCC(=O)N(C(C)C)C(C)C. The van der Waals surface area contributed by atoms with Crippen LogP contribution in [0.4, 0.5) is 5.95 Å². The van der Waals surface area contributed by atoms with E-state index in [4.69, 9.17) is 9.47 Å². The number of piperidine rings is 1. The number of nitrogens with zero attached hydrogens (tertiary/aromatic N) is 4. The molecular formula is C26H39N5O3. The van der Waals surface area contributed by atoms with Crippen LogP contribution in [0.5, 0.6) is 11.5 Å². The molecule has 1 fully saturated rings. The summed E-state index contributed by atoms with van der Waals surface area (Å²) in [5.74, 6) is 2.06. The van der Waals surface area contributed by atoms with Crippen molar-refractivity contribution in [3.05, 3.63) is 42.2 Å². The maximum atomic E-state index is 12.7. The Hall–Kier alpha value is -2.87. The lowest BCUT2D eigenvalue weighted by atomic mass is 10.0. The molecule has 1 N–H and O–H groups in total. The average Bonchev–Trinajstić information content (AvgIpc) is 2.83. The van der Waals surface area contributed by atoms with Gasteiger partial charge in [0, 0.05) is 50.2 Å². The summed E-state index contributed by atoms with van der Waals surface area (Å²) >= 11 is 0. The highest BCUT2D eigenvalue weighted by Gasteiger charge is 2.22. The minimum absolute atomic E-state index is 0.00225. The molecule has 1 aromatic heterocycles. The van der Waals surface area contributed by atoms with Crippen LogP contribution in [-0.2, 0) is 11.3 Å². The first-order valence-electron chi connectivity index (χ1n) is 12.3. The van der Waals surface area contributed by atoms with Crippen molar-refractivity contribution in [3.8, 4) is 11.5 Å². The van der Waals surface area contributed by atoms with E-state index in [-0.39, 0.29) is 24.6 Å². The summed E-state index contributed by atoms with van der Waals surface area (Å²) in [5.41, 5.74) is 1.13. The number of benzene rings is 1. The Morgan fingerprint density at radius 2 is 1.76 bits per heavy atom. The van der Waals surface area contributed by atoms with Crippen LogP contribution >= 0.6 is 0 Å². The van der Waals surface area contributed by atoms with Gasteiger partial charge >= 0.3 is 0 Å². The van der Waals surface area contributed by atoms with E-state index < -0.39 is 0 Å². The summed E-state index contributed by atoms with van der Waals surface area (Å²) in [7, 11) is 0. The summed E-state index contributed by atoms with van der Waals surface area (Å²) in [6.07, 6.45) is 5.66. The molecule has 1 aliphatic rings. The van der Waals surface area contributed by atoms with Crippen molar-refractivity contribution in [1.82, 2.24) is 20.2 Å².